The first-order chi connectivity index (χ1) is 12.2. The minimum Gasteiger partial charge on any atom is -0.482 e. The molecule has 0 saturated carbocycles. The second-order valence-electron chi connectivity index (χ2n) is 5.71. The van der Waals surface area contributed by atoms with Crippen molar-refractivity contribution in [3.05, 3.63) is 52.5 Å². The topological polar surface area (TPSA) is 84.5 Å². The lowest BCUT2D eigenvalue weighted by Gasteiger charge is -2.12. The number of rotatable bonds is 7. The van der Waals surface area contributed by atoms with Crippen LogP contribution in [0.2, 0.25) is 10.0 Å². The van der Waals surface area contributed by atoms with Crippen LogP contribution in [0.4, 0.5) is 5.69 Å². The molecule has 2 aromatic rings. The van der Waals surface area contributed by atoms with Crippen molar-refractivity contribution in [3.8, 4) is 5.75 Å². The Morgan fingerprint density at radius 3 is 2.35 bits per heavy atom. The number of anilines is 1. The molecule has 0 spiro atoms. The van der Waals surface area contributed by atoms with Crippen LogP contribution in [0.3, 0.4) is 0 Å². The molecule has 0 bridgehead atoms. The Labute approximate surface area is 162 Å². The molecule has 0 unspecified atom stereocenters. The summed E-state index contributed by atoms with van der Waals surface area (Å²) in [6.45, 7) is 3.16. The van der Waals surface area contributed by atoms with E-state index in [2.05, 4.69) is 10.0 Å². The first-order valence-electron chi connectivity index (χ1n) is 7.67. The molecule has 140 valence electrons. The van der Waals surface area contributed by atoms with Gasteiger partial charge in [-0.25, -0.2) is 13.1 Å². The number of hydrogen-bond donors (Lipinski definition) is 2. The van der Waals surface area contributed by atoms with Crippen LogP contribution >= 0.6 is 23.2 Å². The van der Waals surface area contributed by atoms with Gasteiger partial charge in [0, 0.05) is 16.8 Å². The summed E-state index contributed by atoms with van der Waals surface area (Å²) in [6, 6.07) is 10.4. The standard InChI is InChI=1S/C17H18Cl2N2O4S/c1-11(2)21-26(23,24)14-7-8-16(15(19)9-14)25-10-17(22)20-13-5-3-12(18)4-6-13/h3-9,11,21H,10H2,1-2H3,(H,20,22). The summed E-state index contributed by atoms with van der Waals surface area (Å²) in [5, 5.41) is 3.30. The smallest absolute Gasteiger partial charge is 0.262 e. The number of carbonyl (C=O) groups excluding carboxylic acids is 1. The molecule has 2 aromatic carbocycles. The van der Waals surface area contributed by atoms with Gasteiger partial charge in [-0.1, -0.05) is 23.2 Å². The van der Waals surface area contributed by atoms with E-state index in [9.17, 15) is 13.2 Å². The monoisotopic (exact) mass is 416 g/mol. The summed E-state index contributed by atoms with van der Waals surface area (Å²) in [7, 11) is -3.65. The molecule has 9 heteroatoms. The van der Waals surface area contributed by atoms with E-state index in [1.165, 1.54) is 18.2 Å². The van der Waals surface area contributed by atoms with E-state index in [0.29, 0.717) is 10.7 Å². The second-order valence-corrected chi connectivity index (χ2v) is 8.27. The van der Waals surface area contributed by atoms with Crippen molar-refractivity contribution in [2.45, 2.75) is 24.8 Å². The van der Waals surface area contributed by atoms with E-state index < -0.39 is 10.0 Å². The highest BCUT2D eigenvalue weighted by molar-refractivity contribution is 7.89. The molecule has 0 radical (unpaired) electrons. The van der Waals surface area contributed by atoms with Crippen molar-refractivity contribution in [1.82, 2.24) is 4.72 Å². The Kier molecular flexibility index (Phi) is 6.88. The third-order valence-electron chi connectivity index (χ3n) is 3.09. The van der Waals surface area contributed by atoms with Gasteiger partial charge in [0.15, 0.2) is 6.61 Å². The summed E-state index contributed by atoms with van der Waals surface area (Å²) in [4.78, 5) is 11.9. The molecule has 0 saturated heterocycles. The van der Waals surface area contributed by atoms with Crippen LogP contribution in [0.5, 0.6) is 5.75 Å². The Morgan fingerprint density at radius 2 is 1.77 bits per heavy atom. The Hall–Kier alpha value is -1.80. The average molecular weight is 417 g/mol. The third kappa shape index (κ3) is 5.88. The molecule has 0 aromatic heterocycles. The summed E-state index contributed by atoms with van der Waals surface area (Å²) in [6.07, 6.45) is 0. The molecule has 0 aliphatic rings. The van der Waals surface area contributed by atoms with E-state index in [-0.39, 0.29) is 34.2 Å². The molecule has 6 nitrogen and oxygen atoms in total. The van der Waals surface area contributed by atoms with Gasteiger partial charge >= 0.3 is 0 Å². The quantitative estimate of drug-likeness (QED) is 0.720. The van der Waals surface area contributed by atoms with Gasteiger partial charge in [0.1, 0.15) is 5.75 Å². The fourth-order valence-corrected chi connectivity index (χ4v) is 3.72. The van der Waals surface area contributed by atoms with Crippen molar-refractivity contribution in [1.29, 1.82) is 0 Å². The number of amides is 1. The molecule has 0 aliphatic carbocycles. The zero-order valence-electron chi connectivity index (χ0n) is 14.1. The van der Waals surface area contributed by atoms with Crippen LogP contribution in [0.15, 0.2) is 47.4 Å². The maximum absolute atomic E-state index is 12.1. The van der Waals surface area contributed by atoms with Gasteiger partial charge in [-0.15, -0.1) is 0 Å². The van der Waals surface area contributed by atoms with Crippen molar-refractivity contribution >= 4 is 44.8 Å². The van der Waals surface area contributed by atoms with E-state index in [1.54, 1.807) is 38.1 Å². The zero-order valence-corrected chi connectivity index (χ0v) is 16.5. The summed E-state index contributed by atoms with van der Waals surface area (Å²) in [5.74, 6) is -0.178. The van der Waals surface area contributed by atoms with Gasteiger partial charge < -0.3 is 10.1 Å². The maximum atomic E-state index is 12.1. The molecule has 2 N–H and O–H groups in total. The van der Waals surface area contributed by atoms with Crippen LogP contribution in [0.1, 0.15) is 13.8 Å². The fourth-order valence-electron chi connectivity index (χ4n) is 2.02. The lowest BCUT2D eigenvalue weighted by Crippen LogP contribution is -2.30. The van der Waals surface area contributed by atoms with E-state index in [1.807, 2.05) is 0 Å². The largest absolute Gasteiger partial charge is 0.482 e. The molecule has 0 atom stereocenters. The van der Waals surface area contributed by atoms with Crippen LogP contribution in [0.25, 0.3) is 0 Å². The number of halogens is 2. The first-order valence-corrected chi connectivity index (χ1v) is 9.91. The highest BCUT2D eigenvalue weighted by atomic mass is 35.5. The van der Waals surface area contributed by atoms with E-state index >= 15 is 0 Å². The van der Waals surface area contributed by atoms with Crippen LogP contribution < -0.4 is 14.8 Å². The van der Waals surface area contributed by atoms with Crippen LogP contribution in [-0.4, -0.2) is 27.0 Å². The highest BCUT2D eigenvalue weighted by Crippen LogP contribution is 2.27. The van der Waals surface area contributed by atoms with Gasteiger partial charge in [-0.3, -0.25) is 4.79 Å². The Bertz CT molecular complexity index is 884. The lowest BCUT2D eigenvalue weighted by molar-refractivity contribution is -0.118. The first kappa shape index (κ1) is 20.5. The van der Waals surface area contributed by atoms with Crippen LogP contribution in [0, 0.1) is 0 Å². The van der Waals surface area contributed by atoms with Crippen molar-refractivity contribution in [2.24, 2.45) is 0 Å². The SMILES string of the molecule is CC(C)NS(=O)(=O)c1ccc(OCC(=O)Nc2ccc(Cl)cc2)c(Cl)c1. The molecular formula is C17H18Cl2N2O4S. The third-order valence-corrected chi connectivity index (χ3v) is 5.29. The van der Waals surface area contributed by atoms with Gasteiger partial charge in [-0.05, 0) is 56.3 Å². The molecule has 0 heterocycles. The van der Waals surface area contributed by atoms with E-state index in [0.717, 1.165) is 0 Å². The fraction of sp³-hybridized carbons (Fsp3) is 0.235. The maximum Gasteiger partial charge on any atom is 0.262 e. The Balaban J connectivity index is 1.99. The number of ether oxygens (including phenoxy) is 1. The predicted molar refractivity (Wildman–Crippen MR) is 102 cm³/mol. The summed E-state index contributed by atoms with van der Waals surface area (Å²) >= 11 is 11.8. The predicted octanol–water partition coefficient (Wildman–Crippen LogP) is 3.70. The number of carbonyl (C=O) groups is 1. The highest BCUT2D eigenvalue weighted by Gasteiger charge is 2.17. The molecule has 0 aliphatic heterocycles. The van der Waals surface area contributed by atoms with Crippen molar-refractivity contribution in [2.75, 3.05) is 11.9 Å². The number of nitrogens with one attached hydrogen (secondary N) is 2. The number of benzene rings is 2. The van der Waals surface area contributed by atoms with Gasteiger partial charge in [0.2, 0.25) is 10.0 Å². The minimum absolute atomic E-state index is 0.0224. The van der Waals surface area contributed by atoms with E-state index in [4.69, 9.17) is 27.9 Å². The Morgan fingerprint density at radius 1 is 1.12 bits per heavy atom. The van der Waals surface area contributed by atoms with Crippen molar-refractivity contribution in [3.63, 3.8) is 0 Å². The average Bonchev–Trinajstić information content (AvgIpc) is 2.54. The number of sulfonamides is 1. The van der Waals surface area contributed by atoms with Gasteiger partial charge in [0.05, 0.1) is 9.92 Å². The molecule has 2 rings (SSSR count). The summed E-state index contributed by atoms with van der Waals surface area (Å²) < 4.78 is 32.1. The second kappa shape index (κ2) is 8.73. The molecule has 0 fully saturated rings. The normalized spacial score (nSPS) is 11.4. The van der Waals surface area contributed by atoms with Gasteiger partial charge in [0.25, 0.3) is 5.91 Å². The zero-order chi connectivity index (χ0) is 19.3. The molecule has 1 amide bonds. The number of hydrogen-bond acceptors (Lipinski definition) is 4. The van der Waals surface area contributed by atoms with Crippen LogP contribution in [-0.2, 0) is 14.8 Å². The van der Waals surface area contributed by atoms with Crippen molar-refractivity contribution < 1.29 is 17.9 Å². The lowest BCUT2D eigenvalue weighted by atomic mass is 10.3. The molecule has 26 heavy (non-hydrogen) atoms. The minimum atomic E-state index is -3.65. The summed E-state index contributed by atoms with van der Waals surface area (Å²) in [5.41, 5.74) is 0.579. The molecular weight excluding hydrogens is 399 g/mol. The van der Waals surface area contributed by atoms with Gasteiger partial charge in [-0.2, -0.15) is 0 Å².